The van der Waals surface area contributed by atoms with E-state index in [9.17, 15) is 24.3 Å². The van der Waals surface area contributed by atoms with Crippen LogP contribution in [-0.2, 0) is 27.9 Å². The number of carbonyl (C=O) groups is 2. The van der Waals surface area contributed by atoms with Crippen LogP contribution in [0.1, 0.15) is 94.2 Å². The van der Waals surface area contributed by atoms with Gasteiger partial charge in [-0.15, -0.1) is 0 Å². The average Bonchev–Trinajstić information content (AvgIpc) is 2.79. The first kappa shape index (κ1) is 38.1. The molecule has 43 heavy (non-hydrogen) atoms. The SMILES string of the molecule is COc1cc([N+](=O)[O-])c(C(OC(=O)NCCCP(=O)(OC(C)(C)C)OC(C)(C)C)C(C)C)cc1OCC(=O)OC(C)(C)C. The van der Waals surface area contributed by atoms with E-state index < -0.39 is 60.0 Å². The highest BCUT2D eigenvalue weighted by atomic mass is 31.2. The zero-order valence-electron chi connectivity index (χ0n) is 27.5. The zero-order chi connectivity index (χ0) is 33.4. The number of alkyl carbamates (subject to hydrolysis) is 1. The maximum Gasteiger partial charge on any atom is 0.407 e. The lowest BCUT2D eigenvalue weighted by Gasteiger charge is -2.32. The van der Waals surface area contributed by atoms with E-state index in [1.165, 1.54) is 13.2 Å². The van der Waals surface area contributed by atoms with E-state index in [2.05, 4.69) is 5.32 Å². The van der Waals surface area contributed by atoms with Gasteiger partial charge < -0.3 is 33.3 Å². The minimum Gasteiger partial charge on any atom is -0.493 e. The second-order valence-corrected chi connectivity index (χ2v) is 15.3. The van der Waals surface area contributed by atoms with Crippen molar-refractivity contribution in [1.82, 2.24) is 5.32 Å². The van der Waals surface area contributed by atoms with Crippen molar-refractivity contribution in [3.05, 3.63) is 27.8 Å². The summed E-state index contributed by atoms with van der Waals surface area (Å²) in [4.78, 5) is 36.3. The second kappa shape index (κ2) is 15.2. The third kappa shape index (κ3) is 14.4. The molecular formula is C29H49N2O11P. The van der Waals surface area contributed by atoms with Crippen molar-refractivity contribution < 1.29 is 47.1 Å². The number of nitrogens with one attached hydrogen (secondary N) is 1. The summed E-state index contributed by atoms with van der Waals surface area (Å²) in [5, 5.41) is 14.6. The molecule has 1 aromatic rings. The molecule has 0 saturated carbocycles. The number of ether oxygens (including phenoxy) is 4. The number of amides is 1. The van der Waals surface area contributed by atoms with Gasteiger partial charge in [-0.25, -0.2) is 9.59 Å². The Morgan fingerprint density at radius 2 is 1.51 bits per heavy atom. The molecule has 0 spiro atoms. The fourth-order valence-corrected chi connectivity index (χ4v) is 6.29. The number of methoxy groups -OCH3 is 1. The van der Waals surface area contributed by atoms with Gasteiger partial charge in [0.2, 0.25) is 0 Å². The topological polar surface area (TPSA) is 162 Å². The Kier molecular flexibility index (Phi) is 13.5. The predicted molar refractivity (Wildman–Crippen MR) is 162 cm³/mol. The van der Waals surface area contributed by atoms with Gasteiger partial charge in [0.25, 0.3) is 5.69 Å². The van der Waals surface area contributed by atoms with Crippen LogP contribution < -0.4 is 14.8 Å². The van der Waals surface area contributed by atoms with E-state index >= 15 is 0 Å². The van der Waals surface area contributed by atoms with Gasteiger partial charge in [-0.05, 0) is 80.7 Å². The minimum absolute atomic E-state index is 0.0188. The van der Waals surface area contributed by atoms with Crippen LogP contribution >= 0.6 is 7.60 Å². The second-order valence-electron chi connectivity index (χ2n) is 13.3. The number of nitro benzene ring substituents is 1. The Hall–Kier alpha value is -2.89. The van der Waals surface area contributed by atoms with E-state index in [1.807, 2.05) is 0 Å². The van der Waals surface area contributed by atoms with Crippen LogP contribution in [0.15, 0.2) is 12.1 Å². The first-order valence-electron chi connectivity index (χ1n) is 14.1. The van der Waals surface area contributed by atoms with Crippen molar-refractivity contribution in [3.8, 4) is 11.5 Å². The Morgan fingerprint density at radius 3 is 1.95 bits per heavy atom. The summed E-state index contributed by atoms with van der Waals surface area (Å²) < 4.78 is 46.6. The molecule has 0 bridgehead atoms. The summed E-state index contributed by atoms with van der Waals surface area (Å²) in [6.07, 6.45) is -1.58. The van der Waals surface area contributed by atoms with E-state index in [0.29, 0.717) is 0 Å². The van der Waals surface area contributed by atoms with E-state index in [4.69, 9.17) is 28.0 Å². The molecule has 0 aliphatic carbocycles. The molecule has 0 radical (unpaired) electrons. The molecule has 246 valence electrons. The lowest BCUT2D eigenvalue weighted by atomic mass is 9.96. The van der Waals surface area contributed by atoms with Crippen LogP contribution in [0.3, 0.4) is 0 Å². The van der Waals surface area contributed by atoms with Gasteiger partial charge in [0.05, 0.1) is 41.0 Å². The Balaban J connectivity index is 3.10. The fourth-order valence-electron chi connectivity index (χ4n) is 3.85. The van der Waals surface area contributed by atoms with Crippen LogP contribution in [-0.4, -0.2) is 60.2 Å². The third-order valence-electron chi connectivity index (χ3n) is 5.13. The van der Waals surface area contributed by atoms with E-state index in [1.54, 1.807) is 76.2 Å². The maximum absolute atomic E-state index is 13.4. The van der Waals surface area contributed by atoms with Gasteiger partial charge in [-0.3, -0.25) is 14.7 Å². The van der Waals surface area contributed by atoms with Crippen molar-refractivity contribution in [1.29, 1.82) is 0 Å². The number of hydrogen-bond donors (Lipinski definition) is 1. The van der Waals surface area contributed by atoms with Crippen molar-refractivity contribution in [3.63, 3.8) is 0 Å². The summed E-state index contributed by atoms with van der Waals surface area (Å²) in [6.45, 7) is 18.9. The Morgan fingerprint density at radius 1 is 0.953 bits per heavy atom. The summed E-state index contributed by atoms with van der Waals surface area (Å²) in [6, 6.07) is 2.47. The molecule has 0 fully saturated rings. The number of rotatable bonds is 14. The van der Waals surface area contributed by atoms with E-state index in [0.717, 1.165) is 6.07 Å². The van der Waals surface area contributed by atoms with Crippen LogP contribution in [0, 0.1) is 16.0 Å². The van der Waals surface area contributed by atoms with Gasteiger partial charge >= 0.3 is 19.7 Å². The Labute approximate surface area is 254 Å². The number of nitro groups is 1. The molecule has 1 rings (SSSR count). The molecule has 1 amide bonds. The van der Waals surface area contributed by atoms with Gasteiger partial charge in [0.1, 0.15) is 11.7 Å². The summed E-state index contributed by atoms with van der Waals surface area (Å²) in [5.41, 5.74) is -2.45. The maximum atomic E-state index is 13.4. The van der Waals surface area contributed by atoms with Crippen molar-refractivity contribution >= 4 is 25.3 Å². The molecule has 1 unspecified atom stereocenters. The molecule has 0 saturated heterocycles. The van der Waals surface area contributed by atoms with Gasteiger partial charge in [0.15, 0.2) is 18.1 Å². The van der Waals surface area contributed by atoms with Crippen molar-refractivity contribution in [2.45, 2.75) is 105 Å². The van der Waals surface area contributed by atoms with Gasteiger partial charge in [-0.2, -0.15) is 0 Å². The first-order chi connectivity index (χ1) is 19.4. The monoisotopic (exact) mass is 632 g/mol. The Bertz CT molecular complexity index is 1140. The van der Waals surface area contributed by atoms with Crippen molar-refractivity contribution in [2.75, 3.05) is 26.4 Å². The molecule has 0 aliphatic heterocycles. The average molecular weight is 633 g/mol. The molecule has 14 heteroatoms. The highest BCUT2D eigenvalue weighted by molar-refractivity contribution is 7.53. The third-order valence-corrected chi connectivity index (χ3v) is 7.64. The van der Waals surface area contributed by atoms with E-state index in [-0.39, 0.29) is 41.9 Å². The highest BCUT2D eigenvalue weighted by Gasteiger charge is 2.35. The van der Waals surface area contributed by atoms with Crippen molar-refractivity contribution in [2.24, 2.45) is 5.92 Å². The number of hydrogen-bond acceptors (Lipinski definition) is 11. The minimum atomic E-state index is -3.50. The van der Waals surface area contributed by atoms with Crippen LogP contribution in [0.5, 0.6) is 11.5 Å². The smallest absolute Gasteiger partial charge is 0.407 e. The zero-order valence-corrected chi connectivity index (χ0v) is 28.4. The van der Waals surface area contributed by atoms with Crippen LogP contribution in [0.25, 0.3) is 0 Å². The first-order valence-corrected chi connectivity index (χ1v) is 15.8. The fraction of sp³-hybridized carbons (Fsp3) is 0.724. The summed E-state index contributed by atoms with van der Waals surface area (Å²) in [7, 11) is -2.19. The number of nitrogens with zero attached hydrogens (tertiary/aromatic N) is 1. The largest absolute Gasteiger partial charge is 0.493 e. The quantitative estimate of drug-likeness (QED) is 0.0742. The molecule has 13 nitrogen and oxygen atoms in total. The lowest BCUT2D eigenvalue weighted by molar-refractivity contribution is -0.386. The van der Waals surface area contributed by atoms with Crippen LogP contribution in [0.2, 0.25) is 0 Å². The van der Waals surface area contributed by atoms with Crippen LogP contribution in [0.4, 0.5) is 10.5 Å². The molecule has 1 aromatic carbocycles. The van der Waals surface area contributed by atoms with Gasteiger partial charge in [-0.1, -0.05) is 13.8 Å². The molecule has 0 aromatic heterocycles. The molecular weight excluding hydrogens is 583 g/mol. The molecule has 0 aliphatic rings. The summed E-state index contributed by atoms with van der Waals surface area (Å²) >= 11 is 0. The number of esters is 1. The van der Waals surface area contributed by atoms with Gasteiger partial charge in [0, 0.05) is 6.54 Å². The normalized spacial score (nSPS) is 13.3. The summed E-state index contributed by atoms with van der Waals surface area (Å²) in [5.74, 6) is -0.976. The standard InChI is InChI=1S/C29H49N2O11P/c1-19(2)25(39-26(33)30-14-13-15-43(36,41-28(6,7)8)42-29(9,10)11)20-16-23(22(37-12)17-21(20)31(34)35)38-18-24(32)40-27(3,4)5/h16-17,19,25H,13-15,18H2,1-12H3,(H,30,33). The molecule has 1 N–H and O–H groups in total. The molecule has 1 atom stereocenters. The molecule has 0 heterocycles. The number of carbonyl (C=O) groups excluding carboxylic acids is 2. The lowest BCUT2D eigenvalue weighted by Crippen LogP contribution is -2.30. The number of benzene rings is 1. The predicted octanol–water partition coefficient (Wildman–Crippen LogP) is 6.96. The highest BCUT2D eigenvalue weighted by Crippen LogP contribution is 2.54.